The molecule has 0 aliphatic carbocycles. The maximum absolute atomic E-state index is 12.5. The molecule has 5 nitrogen and oxygen atoms in total. The number of methoxy groups -OCH3 is 1. The number of carbonyl (C=O) groups excluding carboxylic acids is 2. The van der Waals surface area contributed by atoms with Crippen molar-refractivity contribution < 1.29 is 19.4 Å². The van der Waals surface area contributed by atoms with E-state index >= 15 is 0 Å². The Labute approximate surface area is 142 Å². The molecule has 1 atom stereocenters. The summed E-state index contributed by atoms with van der Waals surface area (Å²) in [7, 11) is 1.61. The van der Waals surface area contributed by atoms with Gasteiger partial charge in [0.2, 0.25) is 0 Å². The summed E-state index contributed by atoms with van der Waals surface area (Å²) in [6, 6.07) is 7.34. The number of aliphatic hydroxyl groups is 1. The third kappa shape index (κ3) is 3.51. The normalized spacial score (nSPS) is 17.7. The molecule has 0 bridgehead atoms. The van der Waals surface area contributed by atoms with Crippen molar-refractivity contribution in [2.75, 3.05) is 20.3 Å². The number of ketones is 1. The van der Waals surface area contributed by atoms with Gasteiger partial charge in [-0.2, -0.15) is 0 Å². The van der Waals surface area contributed by atoms with Gasteiger partial charge in [-0.15, -0.1) is 0 Å². The monoisotopic (exact) mass is 331 g/mol. The fourth-order valence-corrected chi connectivity index (χ4v) is 3.02. The van der Waals surface area contributed by atoms with E-state index in [0.29, 0.717) is 19.6 Å². The molecule has 1 aliphatic rings. The third-order valence-electron chi connectivity index (χ3n) is 4.38. The number of amides is 1. The molecule has 1 heterocycles. The second-order valence-corrected chi connectivity index (χ2v) is 5.88. The van der Waals surface area contributed by atoms with Crippen LogP contribution in [0.1, 0.15) is 43.9 Å². The summed E-state index contributed by atoms with van der Waals surface area (Å²) >= 11 is 0. The number of ether oxygens (including phenoxy) is 1. The number of hydrogen-bond acceptors (Lipinski definition) is 4. The Hall–Kier alpha value is -2.14. The van der Waals surface area contributed by atoms with Crippen molar-refractivity contribution in [1.82, 2.24) is 4.90 Å². The molecule has 0 saturated heterocycles. The van der Waals surface area contributed by atoms with Gasteiger partial charge >= 0.3 is 0 Å². The zero-order chi connectivity index (χ0) is 17.7. The summed E-state index contributed by atoms with van der Waals surface area (Å²) in [5, 5.41) is 10.3. The first-order valence-corrected chi connectivity index (χ1v) is 8.40. The number of aliphatic hydroxyl groups excluding tert-OH is 1. The Bertz CT molecular complexity index is 633. The highest BCUT2D eigenvalue weighted by molar-refractivity contribution is 6.08. The molecule has 130 valence electrons. The van der Waals surface area contributed by atoms with Crippen molar-refractivity contribution in [3.05, 3.63) is 46.7 Å². The zero-order valence-electron chi connectivity index (χ0n) is 14.5. The topological polar surface area (TPSA) is 66.8 Å². The van der Waals surface area contributed by atoms with Gasteiger partial charge in [0.05, 0.1) is 11.6 Å². The molecule has 24 heavy (non-hydrogen) atoms. The largest absolute Gasteiger partial charge is 0.503 e. The Kier molecular flexibility index (Phi) is 6.15. The van der Waals surface area contributed by atoms with Crippen molar-refractivity contribution >= 4 is 11.7 Å². The van der Waals surface area contributed by atoms with Crippen LogP contribution in [0.3, 0.4) is 0 Å². The van der Waals surface area contributed by atoms with Crippen molar-refractivity contribution in [2.24, 2.45) is 0 Å². The third-order valence-corrected chi connectivity index (χ3v) is 4.38. The molecule has 1 unspecified atom stereocenters. The minimum absolute atomic E-state index is 0.195. The average molecular weight is 331 g/mol. The average Bonchev–Trinajstić information content (AvgIpc) is 2.86. The van der Waals surface area contributed by atoms with Crippen LogP contribution in [-0.2, 0) is 20.7 Å². The highest BCUT2D eigenvalue weighted by atomic mass is 16.5. The van der Waals surface area contributed by atoms with Gasteiger partial charge in [-0.3, -0.25) is 9.59 Å². The van der Waals surface area contributed by atoms with E-state index < -0.39 is 17.7 Å². The number of rotatable bonds is 8. The lowest BCUT2D eigenvalue weighted by Crippen LogP contribution is -2.32. The number of benzene rings is 1. The molecule has 0 aromatic heterocycles. The Balaban J connectivity index is 2.40. The zero-order valence-corrected chi connectivity index (χ0v) is 14.5. The molecule has 0 fully saturated rings. The Morgan fingerprint density at radius 2 is 1.92 bits per heavy atom. The van der Waals surface area contributed by atoms with Crippen molar-refractivity contribution in [3.8, 4) is 0 Å². The lowest BCUT2D eigenvalue weighted by atomic mass is 9.94. The Morgan fingerprint density at radius 3 is 2.46 bits per heavy atom. The molecule has 2 rings (SSSR count). The second kappa shape index (κ2) is 8.11. The summed E-state index contributed by atoms with van der Waals surface area (Å²) in [4.78, 5) is 26.4. The molecular formula is C19H25NO4. The summed E-state index contributed by atoms with van der Waals surface area (Å²) in [5.74, 6) is -1.09. The van der Waals surface area contributed by atoms with E-state index in [1.807, 2.05) is 24.3 Å². The highest BCUT2D eigenvalue weighted by Crippen LogP contribution is 2.38. The van der Waals surface area contributed by atoms with Crippen LogP contribution in [0.4, 0.5) is 0 Å². The first-order valence-electron chi connectivity index (χ1n) is 8.40. The number of carbonyl (C=O) groups is 2. The first-order chi connectivity index (χ1) is 11.5. The van der Waals surface area contributed by atoms with E-state index in [-0.39, 0.29) is 17.8 Å². The van der Waals surface area contributed by atoms with Crippen LogP contribution in [0.25, 0.3) is 0 Å². The lowest BCUT2D eigenvalue weighted by molar-refractivity contribution is -0.129. The van der Waals surface area contributed by atoms with Crippen LogP contribution in [0.5, 0.6) is 0 Å². The number of Topliss-reactive ketones (excluding diaryl/α,β-unsaturated/α-hetero) is 1. The van der Waals surface area contributed by atoms with Crippen molar-refractivity contribution in [3.63, 3.8) is 0 Å². The predicted molar refractivity (Wildman–Crippen MR) is 91.7 cm³/mol. The molecule has 0 radical (unpaired) electrons. The minimum Gasteiger partial charge on any atom is -0.503 e. The van der Waals surface area contributed by atoms with Gasteiger partial charge in [0.1, 0.15) is 0 Å². The molecular weight excluding hydrogens is 306 g/mol. The summed E-state index contributed by atoms with van der Waals surface area (Å²) in [6.45, 7) is 4.75. The van der Waals surface area contributed by atoms with Crippen molar-refractivity contribution in [2.45, 2.75) is 39.2 Å². The molecule has 1 amide bonds. The van der Waals surface area contributed by atoms with Gasteiger partial charge in [-0.1, -0.05) is 38.1 Å². The van der Waals surface area contributed by atoms with Gasteiger partial charge in [-0.05, 0) is 24.0 Å². The molecule has 0 saturated carbocycles. The molecule has 5 heteroatoms. The number of nitrogens with zero attached hydrogens (tertiary/aromatic N) is 1. The number of aryl methyl sites for hydroxylation is 1. The second-order valence-electron chi connectivity index (χ2n) is 5.88. The summed E-state index contributed by atoms with van der Waals surface area (Å²) < 4.78 is 5.05. The van der Waals surface area contributed by atoms with E-state index in [1.165, 1.54) is 5.56 Å². The standard InChI is InChI=1S/C19H25NO4/c1-4-13-7-9-14(10-8-13)17-16(15(21)5-2)18(22)19(23)20(17)11-6-12-24-3/h7-10,17,22H,4-6,11-12H2,1-3H3. The van der Waals surface area contributed by atoms with Crippen molar-refractivity contribution in [1.29, 1.82) is 0 Å². The summed E-state index contributed by atoms with van der Waals surface area (Å²) in [6.07, 6.45) is 1.82. The Morgan fingerprint density at radius 1 is 1.25 bits per heavy atom. The molecule has 0 spiro atoms. The van der Waals surface area contributed by atoms with Crippen LogP contribution in [0.15, 0.2) is 35.6 Å². The molecule has 1 aromatic carbocycles. The van der Waals surface area contributed by atoms with Gasteiger partial charge < -0.3 is 14.7 Å². The van der Waals surface area contributed by atoms with E-state index in [1.54, 1.807) is 18.9 Å². The van der Waals surface area contributed by atoms with Crippen LogP contribution >= 0.6 is 0 Å². The van der Waals surface area contributed by atoms with Crippen LogP contribution in [0, 0.1) is 0 Å². The van der Waals surface area contributed by atoms with Crippen LogP contribution < -0.4 is 0 Å². The number of hydrogen-bond donors (Lipinski definition) is 1. The van der Waals surface area contributed by atoms with Crippen LogP contribution in [-0.4, -0.2) is 42.0 Å². The van der Waals surface area contributed by atoms with E-state index in [0.717, 1.165) is 12.0 Å². The maximum atomic E-state index is 12.5. The smallest absolute Gasteiger partial charge is 0.290 e. The first kappa shape index (κ1) is 18.2. The minimum atomic E-state index is -0.521. The SMILES string of the molecule is CCC(=O)C1=C(O)C(=O)N(CCCOC)C1c1ccc(CC)cc1. The highest BCUT2D eigenvalue weighted by Gasteiger charge is 2.42. The van der Waals surface area contributed by atoms with Gasteiger partial charge in [-0.25, -0.2) is 0 Å². The maximum Gasteiger partial charge on any atom is 0.290 e. The summed E-state index contributed by atoms with van der Waals surface area (Å²) in [5.41, 5.74) is 2.24. The molecule has 1 N–H and O–H groups in total. The molecule has 1 aliphatic heterocycles. The van der Waals surface area contributed by atoms with E-state index in [9.17, 15) is 14.7 Å². The molecule has 1 aromatic rings. The predicted octanol–water partition coefficient (Wildman–Crippen LogP) is 2.96. The van der Waals surface area contributed by atoms with Gasteiger partial charge in [0.15, 0.2) is 11.5 Å². The van der Waals surface area contributed by atoms with Gasteiger partial charge in [0.25, 0.3) is 5.91 Å². The van der Waals surface area contributed by atoms with Gasteiger partial charge in [0, 0.05) is 26.7 Å². The van der Waals surface area contributed by atoms with E-state index in [4.69, 9.17) is 4.74 Å². The van der Waals surface area contributed by atoms with Crippen LogP contribution in [0.2, 0.25) is 0 Å². The van der Waals surface area contributed by atoms with E-state index in [2.05, 4.69) is 6.92 Å². The fraction of sp³-hybridized carbons (Fsp3) is 0.474. The quantitative estimate of drug-likeness (QED) is 0.744. The fourth-order valence-electron chi connectivity index (χ4n) is 3.02. The lowest BCUT2D eigenvalue weighted by Gasteiger charge is -2.27.